The van der Waals surface area contributed by atoms with Crippen molar-refractivity contribution in [2.24, 2.45) is 0 Å². The topological polar surface area (TPSA) is 96.9 Å². The number of carbonyl (C=O) groups is 2. The van der Waals surface area contributed by atoms with Gasteiger partial charge in [0, 0.05) is 13.7 Å². The van der Waals surface area contributed by atoms with Crippen LogP contribution in [0.15, 0.2) is 18.2 Å². The van der Waals surface area contributed by atoms with E-state index in [4.69, 9.17) is 14.6 Å². The van der Waals surface area contributed by atoms with Crippen molar-refractivity contribution in [3.05, 3.63) is 23.8 Å². The molecule has 0 aliphatic carbocycles. The number of methoxy groups -OCH3 is 2. The number of hydrogen-bond donors (Lipinski definition) is 3. The van der Waals surface area contributed by atoms with Crippen molar-refractivity contribution in [1.29, 1.82) is 0 Å². The zero-order valence-electron chi connectivity index (χ0n) is 12.3. The summed E-state index contributed by atoms with van der Waals surface area (Å²) in [5, 5.41) is 13.9. The second-order valence-corrected chi connectivity index (χ2v) is 4.49. The predicted molar refractivity (Wildman–Crippen MR) is 77.8 cm³/mol. The highest BCUT2D eigenvalue weighted by Gasteiger charge is 2.14. The van der Waals surface area contributed by atoms with Crippen molar-refractivity contribution in [3.63, 3.8) is 0 Å². The summed E-state index contributed by atoms with van der Waals surface area (Å²) in [4.78, 5) is 22.4. The quantitative estimate of drug-likeness (QED) is 0.710. The number of aliphatic carboxylic acids is 1. The van der Waals surface area contributed by atoms with Gasteiger partial charge in [0.25, 0.3) is 0 Å². The second-order valence-electron chi connectivity index (χ2n) is 4.49. The highest BCUT2D eigenvalue weighted by atomic mass is 16.5. The molecule has 0 fully saturated rings. The van der Waals surface area contributed by atoms with E-state index in [0.29, 0.717) is 11.4 Å². The number of carboxylic acid groups (broad SMARTS) is 1. The molecule has 0 spiro atoms. The van der Waals surface area contributed by atoms with E-state index in [0.717, 1.165) is 5.56 Å². The maximum atomic E-state index is 11.8. The van der Waals surface area contributed by atoms with Gasteiger partial charge in [0.05, 0.1) is 25.3 Å². The van der Waals surface area contributed by atoms with Crippen LogP contribution in [0.25, 0.3) is 0 Å². The van der Waals surface area contributed by atoms with Gasteiger partial charge >= 0.3 is 12.0 Å². The lowest BCUT2D eigenvalue weighted by atomic mass is 10.2. The Morgan fingerprint density at radius 3 is 2.62 bits per heavy atom. The molecular formula is C14H20N2O5. The summed E-state index contributed by atoms with van der Waals surface area (Å²) >= 11 is 0. The molecule has 0 radical (unpaired) electrons. The Balaban J connectivity index is 2.57. The Labute approximate surface area is 123 Å². The first-order valence-corrected chi connectivity index (χ1v) is 6.40. The van der Waals surface area contributed by atoms with E-state index in [1.54, 1.807) is 12.1 Å². The Morgan fingerprint density at radius 2 is 2.05 bits per heavy atom. The summed E-state index contributed by atoms with van der Waals surface area (Å²) in [6, 6.07) is 4.96. The van der Waals surface area contributed by atoms with Crippen LogP contribution in [0.3, 0.4) is 0 Å². The molecule has 1 unspecified atom stereocenters. The number of anilines is 1. The molecule has 1 rings (SSSR count). The van der Waals surface area contributed by atoms with Crippen LogP contribution in [0.2, 0.25) is 0 Å². The van der Waals surface area contributed by atoms with Gasteiger partial charge in [0.15, 0.2) is 0 Å². The summed E-state index contributed by atoms with van der Waals surface area (Å²) in [7, 11) is 2.92. The summed E-state index contributed by atoms with van der Waals surface area (Å²) in [5.74, 6) is -0.436. The summed E-state index contributed by atoms with van der Waals surface area (Å²) in [6.45, 7) is 2.00. The number of ether oxygens (including phenoxy) is 2. The van der Waals surface area contributed by atoms with E-state index < -0.39 is 18.1 Å². The number of carboxylic acids is 1. The Morgan fingerprint density at radius 1 is 1.33 bits per heavy atom. The molecule has 2 amide bonds. The number of carbonyl (C=O) groups excluding carboxylic acids is 1. The lowest BCUT2D eigenvalue weighted by molar-refractivity contribution is -0.139. The van der Waals surface area contributed by atoms with Crippen molar-refractivity contribution in [2.45, 2.75) is 19.4 Å². The second kappa shape index (κ2) is 8.11. The highest BCUT2D eigenvalue weighted by Crippen LogP contribution is 2.24. The minimum Gasteiger partial charge on any atom is -0.495 e. The Bertz CT molecular complexity index is 504. The lowest BCUT2D eigenvalue weighted by Gasteiger charge is -2.15. The van der Waals surface area contributed by atoms with E-state index in [1.165, 1.54) is 14.2 Å². The SMILES string of the molecule is COc1ccc(C)cc1NC(=O)NCC(CC(=O)O)OC. The van der Waals surface area contributed by atoms with Crippen LogP contribution in [-0.2, 0) is 9.53 Å². The van der Waals surface area contributed by atoms with Crippen LogP contribution in [-0.4, -0.2) is 44.0 Å². The minimum atomic E-state index is -0.982. The molecule has 3 N–H and O–H groups in total. The lowest BCUT2D eigenvalue weighted by Crippen LogP contribution is -2.37. The number of rotatable bonds is 7. The van der Waals surface area contributed by atoms with Crippen LogP contribution in [0, 0.1) is 6.92 Å². The molecular weight excluding hydrogens is 276 g/mol. The molecule has 0 aliphatic heterocycles. The molecule has 0 heterocycles. The number of hydrogen-bond acceptors (Lipinski definition) is 4. The highest BCUT2D eigenvalue weighted by molar-refractivity contribution is 5.91. The van der Waals surface area contributed by atoms with Gasteiger partial charge in [-0.2, -0.15) is 0 Å². The van der Waals surface area contributed by atoms with E-state index >= 15 is 0 Å². The first-order chi connectivity index (χ1) is 9.96. The molecule has 0 bridgehead atoms. The molecule has 0 aliphatic rings. The largest absolute Gasteiger partial charge is 0.495 e. The molecule has 7 heteroatoms. The minimum absolute atomic E-state index is 0.1000. The van der Waals surface area contributed by atoms with Crippen LogP contribution >= 0.6 is 0 Å². The average Bonchev–Trinajstić information content (AvgIpc) is 2.43. The van der Waals surface area contributed by atoms with Gasteiger partial charge in [-0.05, 0) is 24.6 Å². The maximum absolute atomic E-state index is 11.8. The van der Waals surface area contributed by atoms with Gasteiger partial charge in [-0.3, -0.25) is 4.79 Å². The molecule has 0 aromatic heterocycles. The summed E-state index contributed by atoms with van der Waals surface area (Å²) in [5.41, 5.74) is 1.52. The van der Waals surface area contributed by atoms with Crippen molar-refractivity contribution < 1.29 is 24.2 Å². The number of aryl methyl sites for hydroxylation is 1. The van der Waals surface area contributed by atoms with Gasteiger partial charge in [0.2, 0.25) is 0 Å². The molecule has 0 saturated heterocycles. The van der Waals surface area contributed by atoms with E-state index in [9.17, 15) is 9.59 Å². The summed E-state index contributed by atoms with van der Waals surface area (Å²) in [6.07, 6.45) is -0.752. The Kier molecular flexibility index (Phi) is 6.48. The number of nitrogens with one attached hydrogen (secondary N) is 2. The molecule has 1 atom stereocenters. The monoisotopic (exact) mass is 296 g/mol. The normalized spacial score (nSPS) is 11.6. The van der Waals surface area contributed by atoms with Crippen LogP contribution < -0.4 is 15.4 Å². The maximum Gasteiger partial charge on any atom is 0.319 e. The van der Waals surface area contributed by atoms with Gasteiger partial charge in [-0.15, -0.1) is 0 Å². The molecule has 21 heavy (non-hydrogen) atoms. The molecule has 1 aromatic carbocycles. The van der Waals surface area contributed by atoms with Crippen molar-refractivity contribution >= 4 is 17.7 Å². The zero-order chi connectivity index (χ0) is 15.8. The fourth-order valence-corrected chi connectivity index (χ4v) is 1.73. The fourth-order valence-electron chi connectivity index (χ4n) is 1.73. The van der Waals surface area contributed by atoms with Crippen molar-refractivity contribution in [2.75, 3.05) is 26.1 Å². The third-order valence-corrected chi connectivity index (χ3v) is 2.83. The first kappa shape index (κ1) is 16.8. The Hall–Kier alpha value is -2.28. The smallest absolute Gasteiger partial charge is 0.319 e. The molecule has 116 valence electrons. The van der Waals surface area contributed by atoms with Crippen LogP contribution in [0.4, 0.5) is 10.5 Å². The van der Waals surface area contributed by atoms with Gasteiger partial charge < -0.3 is 25.2 Å². The van der Waals surface area contributed by atoms with E-state index in [1.807, 2.05) is 13.0 Å². The van der Waals surface area contributed by atoms with E-state index in [2.05, 4.69) is 10.6 Å². The van der Waals surface area contributed by atoms with Crippen LogP contribution in [0.5, 0.6) is 5.75 Å². The van der Waals surface area contributed by atoms with E-state index in [-0.39, 0.29) is 13.0 Å². The number of benzene rings is 1. The van der Waals surface area contributed by atoms with Crippen molar-refractivity contribution in [3.8, 4) is 5.75 Å². The number of urea groups is 1. The van der Waals surface area contributed by atoms with Gasteiger partial charge in [-0.1, -0.05) is 6.07 Å². The molecule has 0 saturated carbocycles. The standard InChI is InChI=1S/C14H20N2O5/c1-9-4-5-12(21-3)11(6-9)16-14(19)15-8-10(20-2)7-13(17)18/h4-6,10H,7-8H2,1-3H3,(H,17,18)(H2,15,16,19). The molecule has 1 aromatic rings. The van der Waals surface area contributed by atoms with Crippen LogP contribution in [0.1, 0.15) is 12.0 Å². The third kappa shape index (κ3) is 5.70. The third-order valence-electron chi connectivity index (χ3n) is 2.83. The molecule has 7 nitrogen and oxygen atoms in total. The fraction of sp³-hybridized carbons (Fsp3) is 0.429. The first-order valence-electron chi connectivity index (χ1n) is 6.40. The van der Waals surface area contributed by atoms with Crippen molar-refractivity contribution in [1.82, 2.24) is 5.32 Å². The summed E-state index contributed by atoms with van der Waals surface area (Å²) < 4.78 is 10.1. The van der Waals surface area contributed by atoms with Gasteiger partial charge in [-0.25, -0.2) is 4.79 Å². The number of amides is 2. The van der Waals surface area contributed by atoms with Gasteiger partial charge in [0.1, 0.15) is 5.75 Å². The zero-order valence-corrected chi connectivity index (χ0v) is 12.3. The average molecular weight is 296 g/mol. The predicted octanol–water partition coefficient (Wildman–Crippen LogP) is 1.61.